The molecule has 2 heteroatoms. The van der Waals surface area contributed by atoms with Crippen LogP contribution >= 0.6 is 0 Å². The van der Waals surface area contributed by atoms with E-state index in [9.17, 15) is 0 Å². The monoisotopic (exact) mass is 215 g/mol. The molecule has 0 saturated carbocycles. The minimum atomic E-state index is 0.126. The van der Waals surface area contributed by atoms with Crippen LogP contribution in [0.3, 0.4) is 0 Å². The average molecular weight is 215 g/mol. The second-order valence-electron chi connectivity index (χ2n) is 5.08. The lowest BCUT2D eigenvalue weighted by molar-refractivity contribution is 0.157. The molecule has 3 N–H and O–H groups in total. The molecular formula is C13H29NO. The Balaban J connectivity index is 3.76. The van der Waals surface area contributed by atoms with Crippen LogP contribution in [0, 0.1) is 5.41 Å². The highest BCUT2D eigenvalue weighted by Gasteiger charge is 2.27. The van der Waals surface area contributed by atoms with Gasteiger partial charge in [-0.3, -0.25) is 0 Å². The van der Waals surface area contributed by atoms with Crippen molar-refractivity contribution in [1.29, 1.82) is 0 Å². The predicted octanol–water partition coefficient (Wildman–Crippen LogP) is 3.08. The van der Waals surface area contributed by atoms with E-state index in [0.717, 1.165) is 12.8 Å². The zero-order valence-corrected chi connectivity index (χ0v) is 10.8. The fourth-order valence-corrected chi connectivity index (χ4v) is 1.97. The number of unbranched alkanes of at least 4 members (excludes halogenated alkanes) is 4. The first kappa shape index (κ1) is 14.9. The zero-order chi connectivity index (χ0) is 11.7. The van der Waals surface area contributed by atoms with Crippen LogP contribution in [0.4, 0.5) is 0 Å². The highest BCUT2D eigenvalue weighted by atomic mass is 16.3. The molecule has 0 aromatic heterocycles. The second-order valence-corrected chi connectivity index (χ2v) is 5.08. The van der Waals surface area contributed by atoms with E-state index in [0.29, 0.717) is 0 Å². The van der Waals surface area contributed by atoms with Crippen molar-refractivity contribution in [1.82, 2.24) is 0 Å². The van der Waals surface area contributed by atoms with Crippen molar-refractivity contribution in [2.75, 3.05) is 6.61 Å². The van der Waals surface area contributed by atoms with Crippen molar-refractivity contribution >= 4 is 0 Å². The lowest BCUT2D eigenvalue weighted by Gasteiger charge is -2.33. The molecule has 0 aliphatic rings. The highest BCUT2D eigenvalue weighted by molar-refractivity contribution is 4.82. The van der Waals surface area contributed by atoms with Gasteiger partial charge >= 0.3 is 0 Å². The van der Waals surface area contributed by atoms with Gasteiger partial charge in [-0.05, 0) is 25.2 Å². The molecule has 0 aliphatic heterocycles. The molecule has 2 nitrogen and oxygen atoms in total. The number of hydrogen-bond acceptors (Lipinski definition) is 2. The SMILES string of the molecule is CCCCCCCC(C)(CCO)C(C)N. The first-order chi connectivity index (χ1) is 7.06. The summed E-state index contributed by atoms with van der Waals surface area (Å²) in [5.41, 5.74) is 6.11. The summed E-state index contributed by atoms with van der Waals surface area (Å²) in [4.78, 5) is 0. The van der Waals surface area contributed by atoms with Crippen LogP contribution in [-0.4, -0.2) is 17.8 Å². The predicted molar refractivity (Wildman–Crippen MR) is 66.8 cm³/mol. The number of nitrogens with two attached hydrogens (primary N) is 1. The molecule has 92 valence electrons. The normalized spacial score (nSPS) is 17.4. The molecule has 2 unspecified atom stereocenters. The average Bonchev–Trinajstić information content (AvgIpc) is 2.18. The molecule has 0 aromatic rings. The Hall–Kier alpha value is -0.0800. The molecule has 0 radical (unpaired) electrons. The van der Waals surface area contributed by atoms with Gasteiger partial charge in [0.2, 0.25) is 0 Å². The lowest BCUT2D eigenvalue weighted by Crippen LogP contribution is -2.37. The molecule has 15 heavy (non-hydrogen) atoms. The van der Waals surface area contributed by atoms with Crippen LogP contribution in [-0.2, 0) is 0 Å². The first-order valence-electron chi connectivity index (χ1n) is 6.43. The van der Waals surface area contributed by atoms with Crippen LogP contribution in [0.25, 0.3) is 0 Å². The topological polar surface area (TPSA) is 46.2 Å². The van der Waals surface area contributed by atoms with Crippen molar-refractivity contribution in [3.63, 3.8) is 0 Å². The highest BCUT2D eigenvalue weighted by Crippen LogP contribution is 2.31. The van der Waals surface area contributed by atoms with Crippen molar-refractivity contribution < 1.29 is 5.11 Å². The van der Waals surface area contributed by atoms with Gasteiger partial charge in [-0.2, -0.15) is 0 Å². The van der Waals surface area contributed by atoms with E-state index in [-0.39, 0.29) is 18.1 Å². The third-order valence-corrected chi connectivity index (χ3v) is 3.63. The number of rotatable bonds is 9. The molecule has 0 fully saturated rings. The van der Waals surface area contributed by atoms with Gasteiger partial charge in [-0.25, -0.2) is 0 Å². The van der Waals surface area contributed by atoms with Crippen molar-refractivity contribution in [3.8, 4) is 0 Å². The van der Waals surface area contributed by atoms with E-state index < -0.39 is 0 Å². The van der Waals surface area contributed by atoms with Gasteiger partial charge < -0.3 is 10.8 Å². The van der Waals surface area contributed by atoms with Gasteiger partial charge in [0.05, 0.1) is 0 Å². The third kappa shape index (κ3) is 6.16. The summed E-state index contributed by atoms with van der Waals surface area (Å²) in [6.07, 6.45) is 8.51. The number of aliphatic hydroxyl groups is 1. The maximum atomic E-state index is 9.04. The van der Waals surface area contributed by atoms with Crippen molar-refractivity contribution in [2.24, 2.45) is 11.1 Å². The smallest absolute Gasteiger partial charge is 0.0436 e. The Kier molecular flexibility index (Phi) is 8.07. The van der Waals surface area contributed by atoms with Crippen LogP contribution < -0.4 is 5.73 Å². The zero-order valence-electron chi connectivity index (χ0n) is 10.8. The maximum Gasteiger partial charge on any atom is 0.0436 e. The van der Waals surface area contributed by atoms with E-state index in [4.69, 9.17) is 10.8 Å². The quantitative estimate of drug-likeness (QED) is 0.581. The summed E-state index contributed by atoms with van der Waals surface area (Å²) in [6.45, 7) is 6.75. The van der Waals surface area contributed by atoms with E-state index in [1.165, 1.54) is 32.1 Å². The van der Waals surface area contributed by atoms with Crippen LogP contribution in [0.15, 0.2) is 0 Å². The first-order valence-corrected chi connectivity index (χ1v) is 6.43. The van der Waals surface area contributed by atoms with Crippen molar-refractivity contribution in [2.45, 2.75) is 71.8 Å². The molecule has 0 amide bonds. The molecular weight excluding hydrogens is 186 g/mol. The Bertz CT molecular complexity index is 147. The van der Waals surface area contributed by atoms with E-state index >= 15 is 0 Å². The molecule has 0 spiro atoms. The van der Waals surface area contributed by atoms with Gasteiger partial charge in [0.15, 0.2) is 0 Å². The molecule has 0 rings (SSSR count). The van der Waals surface area contributed by atoms with E-state index in [2.05, 4.69) is 20.8 Å². The number of hydrogen-bond donors (Lipinski definition) is 2. The summed E-state index contributed by atoms with van der Waals surface area (Å²) in [6, 6.07) is 0.177. The minimum Gasteiger partial charge on any atom is -0.396 e. The summed E-state index contributed by atoms with van der Waals surface area (Å²) in [7, 11) is 0. The standard InChI is InChI=1S/C13H29NO/c1-4-5-6-7-8-9-13(3,10-11-15)12(2)14/h12,15H,4-11,14H2,1-3H3. The summed E-state index contributed by atoms with van der Waals surface area (Å²) < 4.78 is 0. The summed E-state index contributed by atoms with van der Waals surface area (Å²) >= 11 is 0. The Morgan fingerprint density at radius 2 is 1.73 bits per heavy atom. The third-order valence-electron chi connectivity index (χ3n) is 3.63. The summed E-state index contributed by atoms with van der Waals surface area (Å²) in [5.74, 6) is 0. The fraction of sp³-hybridized carbons (Fsp3) is 1.00. The van der Waals surface area contributed by atoms with Gasteiger partial charge in [0.1, 0.15) is 0 Å². The second kappa shape index (κ2) is 8.12. The molecule has 0 aliphatic carbocycles. The van der Waals surface area contributed by atoms with E-state index in [1.807, 2.05) is 0 Å². The largest absolute Gasteiger partial charge is 0.396 e. The molecule has 0 heterocycles. The van der Waals surface area contributed by atoms with Crippen LogP contribution in [0.1, 0.15) is 65.7 Å². The lowest BCUT2D eigenvalue weighted by atomic mass is 9.76. The van der Waals surface area contributed by atoms with Gasteiger partial charge in [-0.1, -0.05) is 46.0 Å². The maximum absolute atomic E-state index is 9.04. The van der Waals surface area contributed by atoms with Gasteiger partial charge in [0.25, 0.3) is 0 Å². The van der Waals surface area contributed by atoms with Crippen LogP contribution in [0.2, 0.25) is 0 Å². The van der Waals surface area contributed by atoms with Crippen molar-refractivity contribution in [3.05, 3.63) is 0 Å². The Morgan fingerprint density at radius 1 is 1.13 bits per heavy atom. The Morgan fingerprint density at radius 3 is 2.20 bits per heavy atom. The fourth-order valence-electron chi connectivity index (χ4n) is 1.97. The molecule has 0 aromatic carbocycles. The Labute approximate surface area is 95.3 Å². The molecule has 0 saturated heterocycles. The number of aliphatic hydroxyl groups excluding tert-OH is 1. The van der Waals surface area contributed by atoms with Gasteiger partial charge in [-0.15, -0.1) is 0 Å². The minimum absolute atomic E-state index is 0.126. The van der Waals surface area contributed by atoms with Crippen LogP contribution in [0.5, 0.6) is 0 Å². The van der Waals surface area contributed by atoms with Gasteiger partial charge in [0, 0.05) is 12.6 Å². The molecule has 2 atom stereocenters. The summed E-state index contributed by atoms with van der Waals surface area (Å²) in [5, 5.41) is 9.04. The van der Waals surface area contributed by atoms with E-state index in [1.54, 1.807) is 0 Å². The molecule has 0 bridgehead atoms.